The van der Waals surface area contributed by atoms with Crippen molar-refractivity contribution in [3.63, 3.8) is 0 Å². The van der Waals surface area contributed by atoms with Crippen LogP contribution in [0.1, 0.15) is 12.0 Å². The Hall–Kier alpha value is -4.01. The van der Waals surface area contributed by atoms with Crippen LogP contribution in [0.25, 0.3) is 0 Å². The number of aromatic nitrogens is 2. The maximum Gasteiger partial charge on any atom is 0.231 e. The van der Waals surface area contributed by atoms with Crippen molar-refractivity contribution in [2.45, 2.75) is 18.9 Å². The summed E-state index contributed by atoms with van der Waals surface area (Å²) in [5.41, 5.74) is 1.11. The van der Waals surface area contributed by atoms with Gasteiger partial charge < -0.3 is 19.9 Å². The van der Waals surface area contributed by atoms with Crippen molar-refractivity contribution >= 4 is 23.3 Å². The van der Waals surface area contributed by atoms with Crippen molar-refractivity contribution in [1.82, 2.24) is 15.1 Å². The van der Waals surface area contributed by atoms with Gasteiger partial charge in [0.15, 0.2) is 5.82 Å². The van der Waals surface area contributed by atoms with Gasteiger partial charge in [-0.1, -0.05) is 18.2 Å². The number of hydrogen-bond acceptors (Lipinski definition) is 6. The molecule has 3 heterocycles. The number of benzene rings is 2. The highest BCUT2D eigenvalue weighted by Crippen LogP contribution is 2.25. The molecule has 1 N–H and O–H groups in total. The van der Waals surface area contributed by atoms with Crippen molar-refractivity contribution in [3.05, 3.63) is 78.2 Å². The summed E-state index contributed by atoms with van der Waals surface area (Å²) in [6.07, 6.45) is 2.26. The molecule has 1 atom stereocenters. The molecule has 8 nitrogen and oxygen atoms in total. The fourth-order valence-electron chi connectivity index (χ4n) is 4.31. The zero-order chi connectivity index (χ0) is 24.2. The summed E-state index contributed by atoms with van der Waals surface area (Å²) < 4.78 is 19.9. The van der Waals surface area contributed by atoms with Gasteiger partial charge in [0.05, 0.1) is 18.9 Å². The van der Waals surface area contributed by atoms with Crippen LogP contribution in [0.4, 0.5) is 15.9 Å². The Kier molecular flexibility index (Phi) is 6.56. The summed E-state index contributed by atoms with van der Waals surface area (Å²) in [6.45, 7) is 2.27. The first kappa shape index (κ1) is 22.8. The van der Waals surface area contributed by atoms with Gasteiger partial charge in [-0.25, -0.2) is 4.39 Å². The Morgan fingerprint density at radius 3 is 2.57 bits per heavy atom. The molecule has 180 valence electrons. The van der Waals surface area contributed by atoms with Gasteiger partial charge >= 0.3 is 0 Å². The summed E-state index contributed by atoms with van der Waals surface area (Å²) >= 11 is 0. The van der Waals surface area contributed by atoms with Crippen LogP contribution in [-0.4, -0.2) is 59.2 Å². The first-order chi connectivity index (χ1) is 17.0. The van der Waals surface area contributed by atoms with Crippen molar-refractivity contribution in [2.75, 3.05) is 36.4 Å². The molecule has 5 rings (SSSR count). The maximum atomic E-state index is 13.8. The SMILES string of the molecule is O=C(Nc1ccc(O[C@@H]2CCN(C(=O)Cc3ccccc3F)C2)cc1)C1CN(c2cccnn2)C1. The highest BCUT2D eigenvalue weighted by Gasteiger charge is 2.33. The minimum atomic E-state index is -0.361. The molecular weight excluding hydrogens is 449 g/mol. The average Bonchev–Trinajstić information content (AvgIpc) is 3.30. The largest absolute Gasteiger partial charge is 0.489 e. The molecule has 9 heteroatoms. The molecule has 0 unspecified atom stereocenters. The van der Waals surface area contributed by atoms with Gasteiger partial charge in [0.2, 0.25) is 11.8 Å². The van der Waals surface area contributed by atoms with E-state index in [0.717, 1.165) is 5.82 Å². The zero-order valence-electron chi connectivity index (χ0n) is 19.1. The van der Waals surface area contributed by atoms with E-state index >= 15 is 0 Å². The van der Waals surface area contributed by atoms with E-state index in [9.17, 15) is 14.0 Å². The highest BCUT2D eigenvalue weighted by molar-refractivity contribution is 5.94. The van der Waals surface area contributed by atoms with E-state index in [-0.39, 0.29) is 36.1 Å². The summed E-state index contributed by atoms with van der Waals surface area (Å²) in [4.78, 5) is 28.8. The predicted octanol–water partition coefficient (Wildman–Crippen LogP) is 2.91. The highest BCUT2D eigenvalue weighted by atomic mass is 19.1. The van der Waals surface area contributed by atoms with Crippen LogP contribution in [0.15, 0.2) is 66.9 Å². The van der Waals surface area contributed by atoms with E-state index in [1.54, 1.807) is 29.3 Å². The molecule has 2 fully saturated rings. The standard InChI is InChI=1S/C26H26FN5O3/c27-23-5-2-1-4-18(23)14-25(33)31-13-11-22(17-31)35-21-9-7-20(8-10-21)29-26(34)19-15-32(16-19)24-6-3-12-28-30-24/h1-10,12,19,22H,11,13-17H2,(H,29,34)/t22-/m1/s1. The number of hydrogen-bond donors (Lipinski definition) is 1. The van der Waals surface area contributed by atoms with E-state index in [1.165, 1.54) is 6.07 Å². The quantitative estimate of drug-likeness (QED) is 0.566. The second kappa shape index (κ2) is 10.1. The molecule has 0 saturated carbocycles. The Morgan fingerprint density at radius 1 is 1.03 bits per heavy atom. The third kappa shape index (κ3) is 5.40. The van der Waals surface area contributed by atoms with Gasteiger partial charge in [-0.05, 0) is 48.0 Å². The van der Waals surface area contributed by atoms with Crippen LogP contribution >= 0.6 is 0 Å². The third-order valence-electron chi connectivity index (χ3n) is 6.36. The normalized spacial score (nSPS) is 17.7. The fourth-order valence-corrected chi connectivity index (χ4v) is 4.31. The van der Waals surface area contributed by atoms with Crippen molar-refractivity contribution in [3.8, 4) is 5.75 Å². The number of amides is 2. The minimum Gasteiger partial charge on any atom is -0.489 e. The zero-order valence-corrected chi connectivity index (χ0v) is 19.1. The molecular formula is C26H26FN5O3. The van der Waals surface area contributed by atoms with Crippen LogP contribution in [0, 0.1) is 11.7 Å². The first-order valence-corrected chi connectivity index (χ1v) is 11.7. The number of nitrogens with zero attached hydrogens (tertiary/aromatic N) is 4. The molecule has 3 aromatic rings. The van der Waals surface area contributed by atoms with Crippen LogP contribution in [0.5, 0.6) is 5.75 Å². The molecule has 0 spiro atoms. The van der Waals surface area contributed by atoms with E-state index in [2.05, 4.69) is 15.5 Å². The number of carbonyl (C=O) groups excluding carboxylic acids is 2. The Bertz CT molecular complexity index is 1190. The number of halogens is 1. The van der Waals surface area contributed by atoms with Crippen molar-refractivity contribution in [2.24, 2.45) is 5.92 Å². The molecule has 2 amide bonds. The Balaban J connectivity index is 1.07. The van der Waals surface area contributed by atoms with Gasteiger partial charge in [-0.3, -0.25) is 9.59 Å². The van der Waals surface area contributed by atoms with Gasteiger partial charge in [0.25, 0.3) is 0 Å². The van der Waals surface area contributed by atoms with E-state index in [4.69, 9.17) is 4.74 Å². The number of ether oxygens (including phenoxy) is 1. The molecule has 2 aromatic carbocycles. The van der Waals surface area contributed by atoms with Crippen molar-refractivity contribution in [1.29, 1.82) is 0 Å². The molecule has 2 aliphatic heterocycles. The van der Waals surface area contributed by atoms with Crippen LogP contribution < -0.4 is 15.0 Å². The van der Waals surface area contributed by atoms with E-state index in [1.807, 2.05) is 41.3 Å². The summed E-state index contributed by atoms with van der Waals surface area (Å²) in [6, 6.07) is 17.3. The Morgan fingerprint density at radius 2 is 1.83 bits per heavy atom. The smallest absolute Gasteiger partial charge is 0.231 e. The maximum absolute atomic E-state index is 13.8. The first-order valence-electron chi connectivity index (χ1n) is 11.7. The lowest BCUT2D eigenvalue weighted by atomic mass is 9.99. The number of nitrogens with one attached hydrogen (secondary N) is 1. The van der Waals surface area contributed by atoms with E-state index in [0.29, 0.717) is 49.6 Å². The van der Waals surface area contributed by atoms with Gasteiger partial charge in [0.1, 0.15) is 17.7 Å². The lowest BCUT2D eigenvalue weighted by Crippen LogP contribution is -2.52. The number of anilines is 2. The van der Waals surface area contributed by atoms with E-state index < -0.39 is 0 Å². The van der Waals surface area contributed by atoms with Gasteiger partial charge in [-0.2, -0.15) is 5.10 Å². The lowest BCUT2D eigenvalue weighted by molar-refractivity contribution is -0.129. The second-order valence-corrected chi connectivity index (χ2v) is 8.83. The van der Waals surface area contributed by atoms with Gasteiger partial charge in [0, 0.05) is 37.9 Å². The predicted molar refractivity (Wildman–Crippen MR) is 129 cm³/mol. The summed E-state index contributed by atoms with van der Waals surface area (Å²) in [5, 5.41) is 10.9. The molecule has 0 bridgehead atoms. The number of rotatable bonds is 7. The minimum absolute atomic E-state index is 0.0291. The van der Waals surface area contributed by atoms with Gasteiger partial charge in [-0.15, -0.1) is 5.10 Å². The lowest BCUT2D eigenvalue weighted by Gasteiger charge is -2.38. The average molecular weight is 476 g/mol. The monoisotopic (exact) mass is 475 g/mol. The molecule has 0 radical (unpaired) electrons. The summed E-state index contributed by atoms with van der Waals surface area (Å²) in [5.74, 6) is 0.859. The van der Waals surface area contributed by atoms with Crippen molar-refractivity contribution < 1.29 is 18.7 Å². The Labute approximate surface area is 202 Å². The topological polar surface area (TPSA) is 87.7 Å². The third-order valence-corrected chi connectivity index (χ3v) is 6.36. The van der Waals surface area contributed by atoms with Crippen LogP contribution in [0.3, 0.4) is 0 Å². The van der Waals surface area contributed by atoms with Crippen LogP contribution in [0.2, 0.25) is 0 Å². The molecule has 2 aliphatic rings. The molecule has 1 aromatic heterocycles. The summed E-state index contributed by atoms with van der Waals surface area (Å²) in [7, 11) is 0. The number of likely N-dealkylation sites (tertiary alicyclic amines) is 1. The van der Waals surface area contributed by atoms with Crippen LogP contribution in [-0.2, 0) is 16.0 Å². The fraction of sp³-hybridized carbons (Fsp3) is 0.308. The number of carbonyl (C=O) groups is 2. The molecule has 0 aliphatic carbocycles. The molecule has 35 heavy (non-hydrogen) atoms. The molecule has 2 saturated heterocycles. The second-order valence-electron chi connectivity index (χ2n) is 8.83.